The van der Waals surface area contributed by atoms with Crippen molar-refractivity contribution in [2.75, 3.05) is 0 Å². The summed E-state index contributed by atoms with van der Waals surface area (Å²) in [5.74, 6) is -2.29. The van der Waals surface area contributed by atoms with Gasteiger partial charge in [0.15, 0.2) is 11.6 Å². The summed E-state index contributed by atoms with van der Waals surface area (Å²) in [4.78, 5) is 20.3. The van der Waals surface area contributed by atoms with Gasteiger partial charge in [-0.2, -0.15) is 0 Å². The molecule has 3 rings (SSSR count). The Hall–Kier alpha value is -3.15. The predicted octanol–water partition coefficient (Wildman–Crippen LogP) is 3.27. The van der Waals surface area contributed by atoms with E-state index in [9.17, 15) is 13.6 Å². The molecule has 1 atom stereocenters. The van der Waals surface area contributed by atoms with Crippen LogP contribution in [0.25, 0.3) is 0 Å². The fourth-order valence-electron chi connectivity index (χ4n) is 2.31. The molecular formula is C18H13F2N3O. The zero-order valence-electron chi connectivity index (χ0n) is 12.5. The van der Waals surface area contributed by atoms with Gasteiger partial charge in [0.05, 0.1) is 11.6 Å². The van der Waals surface area contributed by atoms with E-state index >= 15 is 0 Å². The lowest BCUT2D eigenvalue weighted by atomic mass is 9.99. The molecule has 0 aliphatic carbocycles. The van der Waals surface area contributed by atoms with Crippen LogP contribution in [0.5, 0.6) is 0 Å². The van der Waals surface area contributed by atoms with E-state index in [-0.39, 0.29) is 5.91 Å². The Morgan fingerprint density at radius 3 is 2.29 bits per heavy atom. The maximum Gasteiger partial charge on any atom is 0.253 e. The number of aromatic nitrogens is 2. The van der Waals surface area contributed by atoms with Crippen molar-refractivity contribution in [1.29, 1.82) is 0 Å². The summed E-state index contributed by atoms with van der Waals surface area (Å²) in [6.45, 7) is 0. The Kier molecular flexibility index (Phi) is 4.56. The molecule has 4 nitrogen and oxygen atoms in total. The van der Waals surface area contributed by atoms with E-state index in [2.05, 4.69) is 15.3 Å². The summed E-state index contributed by atoms with van der Waals surface area (Å²) in [6, 6.07) is 9.59. The maximum atomic E-state index is 13.6. The van der Waals surface area contributed by atoms with Crippen LogP contribution < -0.4 is 5.32 Å². The second-order valence-electron chi connectivity index (χ2n) is 5.11. The molecule has 2 aromatic heterocycles. The van der Waals surface area contributed by atoms with Crippen LogP contribution in [0.3, 0.4) is 0 Å². The summed E-state index contributed by atoms with van der Waals surface area (Å²) >= 11 is 0. The van der Waals surface area contributed by atoms with E-state index < -0.39 is 17.7 Å². The van der Waals surface area contributed by atoms with Crippen LogP contribution in [0.1, 0.15) is 27.5 Å². The summed E-state index contributed by atoms with van der Waals surface area (Å²) in [5, 5.41) is 2.80. The van der Waals surface area contributed by atoms with Gasteiger partial charge in [0.1, 0.15) is 0 Å². The first-order chi connectivity index (χ1) is 11.6. The lowest BCUT2D eigenvalue weighted by Crippen LogP contribution is -2.29. The first-order valence-electron chi connectivity index (χ1n) is 7.21. The molecule has 0 saturated heterocycles. The van der Waals surface area contributed by atoms with E-state index in [1.165, 1.54) is 12.3 Å². The molecule has 0 radical (unpaired) electrons. The Morgan fingerprint density at radius 2 is 1.67 bits per heavy atom. The van der Waals surface area contributed by atoms with Crippen molar-refractivity contribution < 1.29 is 13.6 Å². The van der Waals surface area contributed by atoms with Gasteiger partial charge in [-0.1, -0.05) is 12.1 Å². The van der Waals surface area contributed by atoms with Crippen LogP contribution in [-0.4, -0.2) is 15.9 Å². The monoisotopic (exact) mass is 325 g/mol. The summed E-state index contributed by atoms with van der Waals surface area (Å²) in [6.07, 6.45) is 6.15. The quantitative estimate of drug-likeness (QED) is 0.801. The number of nitrogens with zero attached hydrogens (tertiary/aromatic N) is 2. The molecule has 1 amide bonds. The van der Waals surface area contributed by atoms with E-state index in [0.717, 1.165) is 12.1 Å². The number of pyridine rings is 2. The highest BCUT2D eigenvalue weighted by Crippen LogP contribution is 2.23. The standard InChI is InChI=1S/C18H13F2N3O/c19-15-6-5-12(9-16(15)20)17(13-3-1-7-21-10-13)23-18(24)14-4-2-8-22-11-14/h1-11,17H,(H,23,24)/t17-/m1/s1. The summed E-state index contributed by atoms with van der Waals surface area (Å²) in [5.41, 5.74) is 1.44. The van der Waals surface area contributed by atoms with E-state index in [0.29, 0.717) is 16.7 Å². The van der Waals surface area contributed by atoms with Crippen LogP contribution in [-0.2, 0) is 0 Å². The Labute approximate surface area is 137 Å². The number of hydrogen-bond acceptors (Lipinski definition) is 3. The number of carbonyl (C=O) groups excluding carboxylic acids is 1. The molecule has 0 aliphatic heterocycles. The molecule has 0 unspecified atom stereocenters. The average molecular weight is 325 g/mol. The van der Waals surface area contributed by atoms with Gasteiger partial charge in [0, 0.05) is 24.8 Å². The number of benzene rings is 1. The third-order valence-electron chi connectivity index (χ3n) is 3.49. The van der Waals surface area contributed by atoms with Crippen molar-refractivity contribution in [3.8, 4) is 0 Å². The summed E-state index contributed by atoms with van der Waals surface area (Å²) in [7, 11) is 0. The average Bonchev–Trinajstić information content (AvgIpc) is 2.63. The van der Waals surface area contributed by atoms with Gasteiger partial charge in [0.2, 0.25) is 0 Å². The molecule has 3 aromatic rings. The number of rotatable bonds is 4. The van der Waals surface area contributed by atoms with Gasteiger partial charge < -0.3 is 5.32 Å². The van der Waals surface area contributed by atoms with Crippen LogP contribution in [0, 0.1) is 11.6 Å². The number of carbonyl (C=O) groups is 1. The molecule has 24 heavy (non-hydrogen) atoms. The molecule has 1 aromatic carbocycles. The van der Waals surface area contributed by atoms with Gasteiger partial charge >= 0.3 is 0 Å². The highest BCUT2D eigenvalue weighted by atomic mass is 19.2. The first-order valence-corrected chi connectivity index (χ1v) is 7.21. The van der Waals surface area contributed by atoms with Crippen molar-refractivity contribution in [2.24, 2.45) is 0 Å². The molecule has 0 fully saturated rings. The molecule has 6 heteroatoms. The van der Waals surface area contributed by atoms with Gasteiger partial charge in [0.25, 0.3) is 5.91 Å². The smallest absolute Gasteiger partial charge is 0.253 e. The number of halogens is 2. The van der Waals surface area contributed by atoms with Crippen LogP contribution >= 0.6 is 0 Å². The van der Waals surface area contributed by atoms with Crippen molar-refractivity contribution >= 4 is 5.91 Å². The SMILES string of the molecule is O=C(N[C@@H](c1cccnc1)c1ccc(F)c(F)c1)c1cccnc1. The first kappa shape index (κ1) is 15.7. The fourth-order valence-corrected chi connectivity index (χ4v) is 2.31. The van der Waals surface area contributed by atoms with Gasteiger partial charge in [-0.15, -0.1) is 0 Å². The molecule has 120 valence electrons. The van der Waals surface area contributed by atoms with E-state index in [1.807, 2.05) is 0 Å². The lowest BCUT2D eigenvalue weighted by Gasteiger charge is -2.19. The maximum absolute atomic E-state index is 13.6. The second-order valence-corrected chi connectivity index (χ2v) is 5.11. The number of amides is 1. The van der Waals surface area contributed by atoms with Crippen molar-refractivity contribution in [2.45, 2.75) is 6.04 Å². The number of nitrogens with one attached hydrogen (secondary N) is 1. The Morgan fingerprint density at radius 1 is 0.917 bits per heavy atom. The third kappa shape index (κ3) is 3.43. The van der Waals surface area contributed by atoms with Gasteiger partial charge in [-0.25, -0.2) is 8.78 Å². The Balaban J connectivity index is 1.96. The molecule has 0 aliphatic rings. The van der Waals surface area contributed by atoms with Crippen LogP contribution in [0.4, 0.5) is 8.78 Å². The van der Waals surface area contributed by atoms with Crippen LogP contribution in [0.15, 0.2) is 67.3 Å². The largest absolute Gasteiger partial charge is 0.341 e. The molecule has 0 spiro atoms. The van der Waals surface area contributed by atoms with E-state index in [4.69, 9.17) is 0 Å². The predicted molar refractivity (Wildman–Crippen MR) is 84.1 cm³/mol. The highest BCUT2D eigenvalue weighted by molar-refractivity contribution is 5.94. The fraction of sp³-hybridized carbons (Fsp3) is 0.0556. The Bertz CT molecular complexity index is 841. The molecular weight excluding hydrogens is 312 g/mol. The van der Waals surface area contributed by atoms with E-state index in [1.54, 1.807) is 42.9 Å². The highest BCUT2D eigenvalue weighted by Gasteiger charge is 2.19. The lowest BCUT2D eigenvalue weighted by molar-refractivity contribution is 0.0942. The van der Waals surface area contributed by atoms with Crippen molar-refractivity contribution in [3.63, 3.8) is 0 Å². The minimum atomic E-state index is -0.975. The minimum Gasteiger partial charge on any atom is -0.341 e. The zero-order chi connectivity index (χ0) is 16.9. The zero-order valence-corrected chi connectivity index (χ0v) is 12.5. The molecule has 0 bridgehead atoms. The topological polar surface area (TPSA) is 54.9 Å². The van der Waals surface area contributed by atoms with Crippen LogP contribution in [0.2, 0.25) is 0 Å². The van der Waals surface area contributed by atoms with Gasteiger partial charge in [-0.3, -0.25) is 14.8 Å². The summed E-state index contributed by atoms with van der Waals surface area (Å²) < 4.78 is 26.8. The number of hydrogen-bond donors (Lipinski definition) is 1. The molecule has 1 N–H and O–H groups in total. The molecule has 2 heterocycles. The van der Waals surface area contributed by atoms with Gasteiger partial charge in [-0.05, 0) is 41.5 Å². The normalized spacial score (nSPS) is 11.8. The van der Waals surface area contributed by atoms with Crippen molar-refractivity contribution in [1.82, 2.24) is 15.3 Å². The van der Waals surface area contributed by atoms with Crippen molar-refractivity contribution in [3.05, 3.63) is 95.6 Å². The molecule has 0 saturated carbocycles. The third-order valence-corrected chi connectivity index (χ3v) is 3.49. The minimum absolute atomic E-state index is 0.369. The second kappa shape index (κ2) is 6.95.